The van der Waals surface area contributed by atoms with E-state index in [0.717, 1.165) is 18.8 Å². The van der Waals surface area contributed by atoms with Gasteiger partial charge in [0.2, 0.25) is 0 Å². The molecule has 0 saturated heterocycles. The topological polar surface area (TPSA) is 29.9 Å². The molecule has 1 aliphatic carbocycles. The largest absolute Gasteiger partial charge is 0.338 e. The molecule has 1 heterocycles. The van der Waals surface area contributed by atoms with Crippen molar-refractivity contribution in [2.24, 2.45) is 7.05 Å². The van der Waals surface area contributed by atoms with Crippen LogP contribution in [0.4, 0.5) is 0 Å². The molecule has 1 aliphatic rings. The fraction of sp³-hybridized carbons (Fsp3) is 0.438. The summed E-state index contributed by atoms with van der Waals surface area (Å²) < 4.78 is 2.11. The minimum atomic E-state index is 0.543. The molecular formula is C16H21N3. The fourth-order valence-electron chi connectivity index (χ4n) is 3.09. The van der Waals surface area contributed by atoms with Crippen molar-refractivity contribution in [3.05, 3.63) is 53.1 Å². The van der Waals surface area contributed by atoms with Crippen LogP contribution in [0.25, 0.3) is 0 Å². The fourth-order valence-corrected chi connectivity index (χ4v) is 3.09. The van der Waals surface area contributed by atoms with Crippen LogP contribution < -0.4 is 5.32 Å². The van der Waals surface area contributed by atoms with Gasteiger partial charge in [0, 0.05) is 31.9 Å². The van der Waals surface area contributed by atoms with Gasteiger partial charge in [0.15, 0.2) is 0 Å². The zero-order chi connectivity index (χ0) is 13.2. The molecule has 1 aromatic carbocycles. The zero-order valence-electron chi connectivity index (χ0n) is 11.7. The van der Waals surface area contributed by atoms with E-state index >= 15 is 0 Å². The summed E-state index contributed by atoms with van der Waals surface area (Å²) in [4.78, 5) is 4.44. The van der Waals surface area contributed by atoms with Crippen LogP contribution in [-0.4, -0.2) is 16.1 Å². The van der Waals surface area contributed by atoms with E-state index in [1.807, 2.05) is 12.4 Å². The van der Waals surface area contributed by atoms with E-state index in [2.05, 4.69) is 47.0 Å². The number of fused-ring (bicyclic) bond motifs is 1. The van der Waals surface area contributed by atoms with E-state index in [1.165, 1.54) is 29.5 Å². The van der Waals surface area contributed by atoms with Gasteiger partial charge in [-0.25, -0.2) is 4.98 Å². The second-order valence-corrected chi connectivity index (χ2v) is 5.27. The number of imidazole rings is 1. The van der Waals surface area contributed by atoms with Crippen LogP contribution in [0, 0.1) is 0 Å². The predicted octanol–water partition coefficient (Wildman–Crippen LogP) is 2.61. The Kier molecular flexibility index (Phi) is 3.38. The van der Waals surface area contributed by atoms with Gasteiger partial charge in [-0.05, 0) is 36.1 Å². The van der Waals surface area contributed by atoms with E-state index in [-0.39, 0.29) is 0 Å². The van der Waals surface area contributed by atoms with Crippen molar-refractivity contribution in [1.82, 2.24) is 14.9 Å². The number of hydrogen-bond donors (Lipinski definition) is 1. The number of hydrogen-bond acceptors (Lipinski definition) is 2. The average molecular weight is 255 g/mol. The summed E-state index contributed by atoms with van der Waals surface area (Å²) in [5.41, 5.74) is 4.47. The maximum atomic E-state index is 4.44. The Labute approximate surface area is 114 Å². The Balaban J connectivity index is 1.90. The first-order valence-electron chi connectivity index (χ1n) is 7.10. The van der Waals surface area contributed by atoms with Crippen LogP contribution >= 0.6 is 0 Å². The number of nitrogens with zero attached hydrogens (tertiary/aromatic N) is 2. The summed E-state index contributed by atoms with van der Waals surface area (Å²) >= 11 is 0. The van der Waals surface area contributed by atoms with Gasteiger partial charge in [-0.2, -0.15) is 0 Å². The standard InChI is InChI=1S/C16H21N3/c1-3-17-15-8-7-13-12(5-4-6-14(13)15)11-16-18-9-10-19(16)2/h4-6,9-10,15,17H,3,7-8,11H2,1-2H3. The molecule has 0 spiro atoms. The second kappa shape index (κ2) is 5.17. The van der Waals surface area contributed by atoms with Gasteiger partial charge in [0.05, 0.1) is 0 Å². The number of benzene rings is 1. The van der Waals surface area contributed by atoms with Crippen LogP contribution in [-0.2, 0) is 19.9 Å². The first-order valence-corrected chi connectivity index (χ1v) is 7.10. The highest BCUT2D eigenvalue weighted by molar-refractivity contribution is 5.42. The lowest BCUT2D eigenvalue weighted by Crippen LogP contribution is -2.18. The van der Waals surface area contributed by atoms with Gasteiger partial charge in [0.1, 0.15) is 5.82 Å². The third kappa shape index (κ3) is 2.30. The smallest absolute Gasteiger partial charge is 0.112 e. The average Bonchev–Trinajstić information content (AvgIpc) is 2.99. The molecular weight excluding hydrogens is 234 g/mol. The molecule has 3 heteroatoms. The normalized spacial score (nSPS) is 17.7. The zero-order valence-corrected chi connectivity index (χ0v) is 11.7. The molecule has 0 bridgehead atoms. The Hall–Kier alpha value is -1.61. The minimum Gasteiger partial charge on any atom is -0.338 e. The van der Waals surface area contributed by atoms with Crippen LogP contribution in [0.3, 0.4) is 0 Å². The molecule has 2 aromatic rings. The van der Waals surface area contributed by atoms with Crippen LogP contribution in [0.5, 0.6) is 0 Å². The van der Waals surface area contributed by atoms with E-state index in [1.54, 1.807) is 0 Å². The molecule has 1 unspecified atom stereocenters. The number of rotatable bonds is 4. The quantitative estimate of drug-likeness (QED) is 0.910. The Morgan fingerprint density at radius 2 is 2.32 bits per heavy atom. The van der Waals surface area contributed by atoms with Crippen molar-refractivity contribution in [1.29, 1.82) is 0 Å². The Morgan fingerprint density at radius 3 is 3.05 bits per heavy atom. The lowest BCUT2D eigenvalue weighted by atomic mass is 9.99. The molecule has 0 saturated carbocycles. The van der Waals surface area contributed by atoms with Crippen molar-refractivity contribution < 1.29 is 0 Å². The molecule has 3 rings (SSSR count). The summed E-state index contributed by atoms with van der Waals surface area (Å²) in [7, 11) is 2.06. The molecule has 1 atom stereocenters. The van der Waals surface area contributed by atoms with Crippen LogP contribution in [0.1, 0.15) is 41.9 Å². The van der Waals surface area contributed by atoms with Crippen molar-refractivity contribution in [2.75, 3.05) is 6.54 Å². The van der Waals surface area contributed by atoms with Gasteiger partial charge in [0.25, 0.3) is 0 Å². The number of nitrogens with one attached hydrogen (secondary N) is 1. The minimum absolute atomic E-state index is 0.543. The number of aromatic nitrogens is 2. The molecule has 0 fully saturated rings. The Morgan fingerprint density at radius 1 is 1.42 bits per heavy atom. The molecule has 0 aliphatic heterocycles. The molecule has 0 amide bonds. The SMILES string of the molecule is CCNC1CCc2c(Cc3nccn3C)cccc21. The van der Waals surface area contributed by atoms with E-state index in [9.17, 15) is 0 Å². The van der Waals surface area contributed by atoms with Crippen LogP contribution in [0.2, 0.25) is 0 Å². The van der Waals surface area contributed by atoms with Crippen LogP contribution in [0.15, 0.2) is 30.6 Å². The van der Waals surface area contributed by atoms with Crippen molar-refractivity contribution in [2.45, 2.75) is 32.2 Å². The van der Waals surface area contributed by atoms with E-state index < -0.39 is 0 Å². The predicted molar refractivity (Wildman–Crippen MR) is 77.2 cm³/mol. The first kappa shape index (κ1) is 12.4. The maximum Gasteiger partial charge on any atom is 0.112 e. The summed E-state index contributed by atoms with van der Waals surface area (Å²) in [6, 6.07) is 7.26. The van der Waals surface area contributed by atoms with Gasteiger partial charge in [-0.3, -0.25) is 0 Å². The monoisotopic (exact) mass is 255 g/mol. The highest BCUT2D eigenvalue weighted by atomic mass is 15.0. The highest BCUT2D eigenvalue weighted by Crippen LogP contribution is 2.33. The summed E-state index contributed by atoms with van der Waals surface area (Å²) in [5, 5.41) is 3.58. The van der Waals surface area contributed by atoms with E-state index in [0.29, 0.717) is 6.04 Å². The van der Waals surface area contributed by atoms with Crippen molar-refractivity contribution >= 4 is 0 Å². The van der Waals surface area contributed by atoms with E-state index in [4.69, 9.17) is 0 Å². The highest BCUT2D eigenvalue weighted by Gasteiger charge is 2.23. The lowest BCUT2D eigenvalue weighted by molar-refractivity contribution is 0.549. The molecule has 19 heavy (non-hydrogen) atoms. The maximum absolute atomic E-state index is 4.44. The molecule has 3 nitrogen and oxygen atoms in total. The van der Waals surface area contributed by atoms with Crippen molar-refractivity contribution in [3.63, 3.8) is 0 Å². The summed E-state index contributed by atoms with van der Waals surface area (Å²) in [6.07, 6.45) is 7.24. The second-order valence-electron chi connectivity index (χ2n) is 5.27. The third-order valence-electron chi connectivity index (χ3n) is 4.09. The Bertz CT molecular complexity index is 571. The lowest BCUT2D eigenvalue weighted by Gasteiger charge is -2.13. The van der Waals surface area contributed by atoms with Gasteiger partial charge >= 0.3 is 0 Å². The van der Waals surface area contributed by atoms with Gasteiger partial charge in [-0.15, -0.1) is 0 Å². The van der Waals surface area contributed by atoms with Crippen molar-refractivity contribution in [3.8, 4) is 0 Å². The molecule has 1 aromatic heterocycles. The summed E-state index contributed by atoms with van der Waals surface area (Å²) in [5.74, 6) is 1.14. The first-order chi connectivity index (χ1) is 9.29. The third-order valence-corrected chi connectivity index (χ3v) is 4.09. The number of aryl methyl sites for hydroxylation is 1. The molecule has 100 valence electrons. The molecule has 0 radical (unpaired) electrons. The van der Waals surface area contributed by atoms with Gasteiger partial charge in [-0.1, -0.05) is 25.1 Å². The summed E-state index contributed by atoms with van der Waals surface area (Å²) in [6.45, 7) is 3.21. The van der Waals surface area contributed by atoms with Gasteiger partial charge < -0.3 is 9.88 Å². The molecule has 1 N–H and O–H groups in total.